The zero-order valence-corrected chi connectivity index (χ0v) is 18.3. The van der Waals surface area contributed by atoms with Gasteiger partial charge in [0, 0.05) is 29.6 Å². The first-order chi connectivity index (χ1) is 15.7. The number of carbonyl (C=O) groups is 1. The van der Waals surface area contributed by atoms with Gasteiger partial charge in [0.1, 0.15) is 5.01 Å². The minimum Gasteiger partial charge on any atom is -0.339 e. The molecule has 0 atom stereocenters. The lowest BCUT2D eigenvalue weighted by molar-refractivity contribution is 0.102. The number of anilines is 3. The maximum Gasteiger partial charge on any atom is 0.257 e. The molecule has 1 N–H and O–H groups in total. The number of hydrogen-bond donors (Lipinski definition) is 1. The number of nitriles is 1. The summed E-state index contributed by atoms with van der Waals surface area (Å²) in [6.07, 6.45) is 2.63. The van der Waals surface area contributed by atoms with E-state index in [0.29, 0.717) is 11.1 Å². The van der Waals surface area contributed by atoms with E-state index in [1.54, 1.807) is 11.3 Å². The molecule has 0 bridgehead atoms. The third-order valence-corrected chi connectivity index (χ3v) is 6.59. The molecular weight excluding hydrogens is 416 g/mol. The molecule has 4 aromatic rings. The van der Waals surface area contributed by atoms with Crippen LogP contribution < -0.4 is 10.2 Å². The van der Waals surface area contributed by atoms with Crippen LogP contribution in [0, 0.1) is 11.3 Å². The molecular formula is C26H20N4OS. The number of carbonyl (C=O) groups excluding carboxylic acids is 1. The summed E-state index contributed by atoms with van der Waals surface area (Å²) in [4.78, 5) is 20.7. The van der Waals surface area contributed by atoms with Gasteiger partial charge in [0.25, 0.3) is 5.91 Å². The molecule has 1 aliphatic heterocycles. The van der Waals surface area contributed by atoms with Gasteiger partial charge in [-0.25, -0.2) is 4.98 Å². The van der Waals surface area contributed by atoms with Crippen LogP contribution in [-0.2, 0) is 6.42 Å². The molecule has 3 aromatic carbocycles. The van der Waals surface area contributed by atoms with Crippen molar-refractivity contribution in [3.8, 4) is 16.6 Å². The van der Waals surface area contributed by atoms with Crippen LogP contribution in [0.4, 0.5) is 17.1 Å². The topological polar surface area (TPSA) is 69.0 Å². The maximum absolute atomic E-state index is 12.8. The summed E-state index contributed by atoms with van der Waals surface area (Å²) in [5.41, 5.74) is 6.18. The van der Waals surface area contributed by atoms with Crippen LogP contribution in [0.15, 0.2) is 72.9 Å². The minimum atomic E-state index is -0.0872. The predicted molar refractivity (Wildman–Crippen MR) is 129 cm³/mol. The normalized spacial score (nSPS) is 12.4. The first-order valence-electron chi connectivity index (χ1n) is 10.4. The zero-order valence-electron chi connectivity index (χ0n) is 17.5. The monoisotopic (exact) mass is 436 g/mol. The number of nitrogens with one attached hydrogen (secondary N) is 1. The van der Waals surface area contributed by atoms with E-state index in [2.05, 4.69) is 46.4 Å². The van der Waals surface area contributed by atoms with E-state index in [9.17, 15) is 4.79 Å². The molecule has 2 heterocycles. The lowest BCUT2D eigenvalue weighted by atomic mass is 10.1. The second-order valence-corrected chi connectivity index (χ2v) is 8.68. The Balaban J connectivity index is 1.43. The van der Waals surface area contributed by atoms with Crippen LogP contribution in [0.1, 0.15) is 33.3 Å². The van der Waals surface area contributed by atoms with Gasteiger partial charge in [0.2, 0.25) is 0 Å². The van der Waals surface area contributed by atoms with Crippen molar-refractivity contribution in [3.05, 3.63) is 94.5 Å². The molecule has 0 unspecified atom stereocenters. The van der Waals surface area contributed by atoms with E-state index in [1.807, 2.05) is 54.7 Å². The Kier molecular flexibility index (Phi) is 5.18. The Bertz CT molecular complexity index is 1350. The number of thiazole rings is 1. The summed E-state index contributed by atoms with van der Waals surface area (Å²) in [7, 11) is 0. The lowest BCUT2D eigenvalue weighted by Gasteiger charge is -2.24. The zero-order chi connectivity index (χ0) is 22.1. The Morgan fingerprint density at radius 1 is 1.06 bits per heavy atom. The van der Waals surface area contributed by atoms with Gasteiger partial charge in [-0.2, -0.15) is 5.26 Å². The van der Waals surface area contributed by atoms with Crippen molar-refractivity contribution >= 4 is 34.3 Å². The van der Waals surface area contributed by atoms with Gasteiger partial charge in [0.15, 0.2) is 0 Å². The summed E-state index contributed by atoms with van der Waals surface area (Å²) < 4.78 is 0. The summed E-state index contributed by atoms with van der Waals surface area (Å²) in [6.45, 7) is 2.85. The van der Waals surface area contributed by atoms with Crippen LogP contribution in [0.2, 0.25) is 0 Å². The fourth-order valence-corrected chi connectivity index (χ4v) is 4.95. The Morgan fingerprint density at radius 3 is 2.66 bits per heavy atom. The van der Waals surface area contributed by atoms with Crippen LogP contribution in [0.25, 0.3) is 10.6 Å². The van der Waals surface area contributed by atoms with Crippen molar-refractivity contribution in [2.45, 2.75) is 13.3 Å². The van der Waals surface area contributed by atoms with Crippen molar-refractivity contribution in [1.82, 2.24) is 4.98 Å². The quantitative estimate of drug-likeness (QED) is 0.426. The van der Waals surface area contributed by atoms with Gasteiger partial charge in [-0.15, -0.1) is 11.3 Å². The molecule has 0 aliphatic carbocycles. The maximum atomic E-state index is 12.8. The molecule has 156 valence electrons. The summed E-state index contributed by atoms with van der Waals surface area (Å²) in [6, 6.07) is 23.6. The highest BCUT2D eigenvalue weighted by Crippen LogP contribution is 2.38. The average molecular weight is 437 g/mol. The smallest absolute Gasteiger partial charge is 0.257 e. The molecule has 0 spiro atoms. The van der Waals surface area contributed by atoms with Crippen molar-refractivity contribution in [2.24, 2.45) is 0 Å². The van der Waals surface area contributed by atoms with E-state index in [0.717, 1.165) is 51.0 Å². The lowest BCUT2D eigenvalue weighted by Crippen LogP contribution is -2.17. The van der Waals surface area contributed by atoms with E-state index in [-0.39, 0.29) is 5.91 Å². The molecule has 5 rings (SSSR count). The van der Waals surface area contributed by atoms with Gasteiger partial charge in [0.05, 0.1) is 34.3 Å². The van der Waals surface area contributed by atoms with Gasteiger partial charge in [-0.05, 0) is 48.9 Å². The van der Waals surface area contributed by atoms with Crippen molar-refractivity contribution in [3.63, 3.8) is 0 Å². The van der Waals surface area contributed by atoms with Crippen LogP contribution in [0.5, 0.6) is 0 Å². The van der Waals surface area contributed by atoms with Crippen molar-refractivity contribution in [2.75, 3.05) is 16.8 Å². The van der Waals surface area contributed by atoms with Crippen molar-refractivity contribution in [1.29, 1.82) is 5.26 Å². The number of benzene rings is 3. The second-order valence-electron chi connectivity index (χ2n) is 7.56. The molecule has 0 saturated heterocycles. The number of rotatable bonds is 4. The summed E-state index contributed by atoms with van der Waals surface area (Å²) in [5.74, 6) is -0.0872. The first-order valence-corrected chi connectivity index (χ1v) is 11.2. The van der Waals surface area contributed by atoms with Gasteiger partial charge in [-0.1, -0.05) is 30.3 Å². The van der Waals surface area contributed by atoms with Crippen LogP contribution in [0.3, 0.4) is 0 Å². The molecule has 1 aliphatic rings. The van der Waals surface area contributed by atoms with Crippen molar-refractivity contribution < 1.29 is 4.79 Å². The van der Waals surface area contributed by atoms with Crippen LogP contribution in [-0.4, -0.2) is 17.4 Å². The number of hydrogen-bond acceptors (Lipinski definition) is 5. The SMILES string of the molecule is CCN1c2ccc(Cc3cnc(-c4ccc(C#N)cc4)s3)cc2NC(=O)c2ccccc21. The van der Waals surface area contributed by atoms with E-state index < -0.39 is 0 Å². The average Bonchev–Trinajstić information content (AvgIpc) is 3.25. The number of aromatic nitrogens is 1. The molecule has 6 heteroatoms. The van der Waals surface area contributed by atoms with E-state index in [1.165, 1.54) is 0 Å². The molecule has 0 saturated carbocycles. The summed E-state index contributed by atoms with van der Waals surface area (Å²) in [5, 5.41) is 13.0. The second kappa shape index (κ2) is 8.29. The van der Waals surface area contributed by atoms with Crippen LogP contribution >= 0.6 is 11.3 Å². The minimum absolute atomic E-state index is 0.0872. The van der Waals surface area contributed by atoms with Gasteiger partial charge in [-0.3, -0.25) is 4.79 Å². The largest absolute Gasteiger partial charge is 0.339 e. The highest BCUT2D eigenvalue weighted by molar-refractivity contribution is 7.15. The van der Waals surface area contributed by atoms with E-state index in [4.69, 9.17) is 5.26 Å². The standard InChI is InChI=1S/C26H20N4OS/c1-2-30-23-6-4-3-5-21(23)25(31)29-22-14-18(9-12-24(22)30)13-20-16-28-26(32-20)19-10-7-17(15-27)8-11-19/h3-12,14,16H,2,13H2,1H3,(H,29,31). The third kappa shape index (κ3) is 3.64. The highest BCUT2D eigenvalue weighted by Gasteiger charge is 2.24. The number of para-hydroxylation sites is 1. The molecule has 5 nitrogen and oxygen atoms in total. The number of amides is 1. The first kappa shape index (κ1) is 20.0. The fourth-order valence-electron chi connectivity index (χ4n) is 4.00. The molecule has 1 aromatic heterocycles. The molecule has 32 heavy (non-hydrogen) atoms. The predicted octanol–water partition coefficient (Wildman–Crippen LogP) is 6.00. The molecule has 0 radical (unpaired) electrons. The Morgan fingerprint density at radius 2 is 1.88 bits per heavy atom. The van der Waals surface area contributed by atoms with Gasteiger partial charge < -0.3 is 10.2 Å². The number of nitrogens with zero attached hydrogens (tertiary/aromatic N) is 3. The Hall–Kier alpha value is -3.95. The third-order valence-electron chi connectivity index (χ3n) is 5.55. The molecule has 1 amide bonds. The van der Waals surface area contributed by atoms with E-state index >= 15 is 0 Å². The number of fused-ring (bicyclic) bond motifs is 2. The molecule has 0 fully saturated rings. The Labute approximate surface area is 190 Å². The summed E-state index contributed by atoms with van der Waals surface area (Å²) >= 11 is 1.64. The van der Waals surface area contributed by atoms with Gasteiger partial charge >= 0.3 is 0 Å². The highest BCUT2D eigenvalue weighted by atomic mass is 32.1. The fraction of sp³-hybridized carbons (Fsp3) is 0.115.